The van der Waals surface area contributed by atoms with Crippen molar-refractivity contribution < 1.29 is 0 Å². The van der Waals surface area contributed by atoms with E-state index >= 15 is 0 Å². The lowest BCUT2D eigenvalue weighted by Crippen LogP contribution is -2.29. The van der Waals surface area contributed by atoms with Crippen molar-refractivity contribution in [2.45, 2.75) is 5.41 Å². The van der Waals surface area contributed by atoms with Gasteiger partial charge in [-0.1, -0.05) is 231 Å². The zero-order valence-corrected chi connectivity index (χ0v) is 40.0. The number of aromatic nitrogens is 2. The summed E-state index contributed by atoms with van der Waals surface area (Å²) in [5.41, 5.74) is 25.7. The molecule has 2 aliphatic carbocycles. The second-order valence-electron chi connectivity index (χ2n) is 19.2. The molecule has 2 nitrogen and oxygen atoms in total. The molecule has 0 unspecified atom stereocenters. The van der Waals surface area contributed by atoms with Crippen molar-refractivity contribution in [3.05, 3.63) is 301 Å². The zero-order valence-electron chi connectivity index (χ0n) is 40.0. The van der Waals surface area contributed by atoms with Gasteiger partial charge < -0.3 is 0 Å². The highest BCUT2D eigenvalue weighted by Crippen LogP contribution is 2.61. The van der Waals surface area contributed by atoms with Gasteiger partial charge in [-0.05, 0) is 149 Å². The average Bonchev–Trinajstić information content (AvgIpc) is 3.78. The highest BCUT2D eigenvalue weighted by Gasteiger charge is 2.49. The predicted molar refractivity (Wildman–Crippen MR) is 302 cm³/mol. The maximum atomic E-state index is 5.62. The Balaban J connectivity index is 1.02. The summed E-state index contributed by atoms with van der Waals surface area (Å²) in [5.74, 6) is 0.667. The molecule has 340 valence electrons. The molecular weight excluding hydrogens is 881 g/mol. The normalized spacial score (nSPS) is 12.5. The number of hydrogen-bond acceptors (Lipinski definition) is 2. The maximum Gasteiger partial charge on any atom is 0.160 e. The predicted octanol–water partition coefficient (Wildman–Crippen LogP) is 18.2. The Hall–Kier alpha value is -9.50. The molecule has 14 rings (SSSR count). The first-order chi connectivity index (χ1) is 36.2. The van der Waals surface area contributed by atoms with E-state index in [1.807, 2.05) is 0 Å². The lowest BCUT2D eigenvalue weighted by molar-refractivity contribution is 0.775. The SMILES string of the molecule is c1ccc(-c2cc(-c3ccccc3)cc(-c3cc(-c4cc(-c5ccccc5)cc(-c5ccccc5)c4)nc(-c4ccc5c(c4)-c4ccccc4C54c5ccccc5-c5ccccc5-c5ccccc54)n3)c2)cc1. The van der Waals surface area contributed by atoms with Crippen molar-refractivity contribution in [2.75, 3.05) is 0 Å². The standard InChI is InChI=1S/C71H46N2/c1-5-21-47(22-6-1)52-39-53(48-23-7-2-8-24-48)42-56(41-52)68-46-69(57-43-54(49-25-9-3-10-26-49)40-55(44-57)50-27-11-4-12-28-50)73-70(72-68)51-37-38-67-63(45-51)62-33-17-20-36-66(62)71(67)64-34-18-15-31-60(64)58-29-13-14-30-59(58)61-32-16-19-35-65(61)71/h1-46H. The van der Waals surface area contributed by atoms with Gasteiger partial charge in [0.2, 0.25) is 0 Å². The molecule has 12 aromatic rings. The number of nitrogens with zero attached hydrogens (tertiary/aromatic N) is 2. The third-order valence-corrected chi connectivity index (χ3v) is 15.1. The molecule has 0 bridgehead atoms. The second kappa shape index (κ2) is 17.4. The highest BCUT2D eigenvalue weighted by atomic mass is 14.9. The molecule has 2 aliphatic rings. The Morgan fingerprint density at radius 3 is 0.877 bits per heavy atom. The maximum absolute atomic E-state index is 5.62. The molecular formula is C71H46N2. The molecule has 0 atom stereocenters. The monoisotopic (exact) mass is 926 g/mol. The summed E-state index contributed by atoms with van der Waals surface area (Å²) in [5, 5.41) is 0. The summed E-state index contributed by atoms with van der Waals surface area (Å²) >= 11 is 0. The van der Waals surface area contributed by atoms with E-state index in [2.05, 4.69) is 279 Å². The van der Waals surface area contributed by atoms with Crippen LogP contribution in [0.25, 0.3) is 112 Å². The van der Waals surface area contributed by atoms with E-state index in [1.165, 1.54) is 55.6 Å². The van der Waals surface area contributed by atoms with Crippen LogP contribution >= 0.6 is 0 Å². The van der Waals surface area contributed by atoms with Crippen LogP contribution in [0.2, 0.25) is 0 Å². The van der Waals surface area contributed by atoms with E-state index in [1.54, 1.807) is 0 Å². The minimum atomic E-state index is -0.581. The van der Waals surface area contributed by atoms with Gasteiger partial charge in [0.05, 0.1) is 16.8 Å². The molecule has 11 aromatic carbocycles. The van der Waals surface area contributed by atoms with E-state index in [-0.39, 0.29) is 0 Å². The van der Waals surface area contributed by atoms with Crippen LogP contribution in [0.3, 0.4) is 0 Å². The molecule has 2 heteroatoms. The van der Waals surface area contributed by atoms with Gasteiger partial charge in [-0.2, -0.15) is 0 Å². The Labute approximate surface area is 426 Å². The van der Waals surface area contributed by atoms with E-state index < -0.39 is 5.41 Å². The minimum absolute atomic E-state index is 0.581. The first kappa shape index (κ1) is 42.4. The van der Waals surface area contributed by atoms with Crippen molar-refractivity contribution in [2.24, 2.45) is 0 Å². The number of rotatable bonds is 7. The van der Waals surface area contributed by atoms with Crippen LogP contribution in [0, 0.1) is 0 Å². The average molecular weight is 927 g/mol. The molecule has 73 heavy (non-hydrogen) atoms. The highest BCUT2D eigenvalue weighted by molar-refractivity contribution is 5.98. The van der Waals surface area contributed by atoms with Crippen molar-refractivity contribution >= 4 is 0 Å². The lowest BCUT2D eigenvalue weighted by Gasteiger charge is -2.35. The lowest BCUT2D eigenvalue weighted by atomic mass is 9.66. The minimum Gasteiger partial charge on any atom is -0.228 e. The van der Waals surface area contributed by atoms with Crippen LogP contribution in [0.4, 0.5) is 0 Å². The van der Waals surface area contributed by atoms with Gasteiger partial charge in [0.1, 0.15) is 0 Å². The molecule has 0 radical (unpaired) electrons. The van der Waals surface area contributed by atoms with Gasteiger partial charge in [-0.3, -0.25) is 0 Å². The van der Waals surface area contributed by atoms with Gasteiger partial charge in [0.25, 0.3) is 0 Å². The third kappa shape index (κ3) is 7.10. The largest absolute Gasteiger partial charge is 0.228 e. The van der Waals surface area contributed by atoms with Crippen LogP contribution in [0.1, 0.15) is 22.3 Å². The fourth-order valence-corrected chi connectivity index (χ4v) is 11.8. The number of fused-ring (bicyclic) bond motifs is 12. The Morgan fingerprint density at radius 2 is 0.493 bits per heavy atom. The summed E-state index contributed by atoms with van der Waals surface area (Å²) in [6.45, 7) is 0. The topological polar surface area (TPSA) is 25.8 Å². The Kier molecular flexibility index (Phi) is 10.1. The van der Waals surface area contributed by atoms with Crippen molar-refractivity contribution in [3.8, 4) is 112 Å². The zero-order chi connectivity index (χ0) is 48.3. The van der Waals surface area contributed by atoms with Gasteiger partial charge in [-0.25, -0.2) is 9.97 Å². The smallest absolute Gasteiger partial charge is 0.160 e. The molecule has 0 amide bonds. The Morgan fingerprint density at radius 1 is 0.192 bits per heavy atom. The van der Waals surface area contributed by atoms with E-state index in [9.17, 15) is 0 Å². The number of hydrogen-bond donors (Lipinski definition) is 0. The molecule has 1 heterocycles. The summed E-state index contributed by atoms with van der Waals surface area (Å²) < 4.78 is 0. The van der Waals surface area contributed by atoms with Gasteiger partial charge in [-0.15, -0.1) is 0 Å². The Bertz CT molecular complexity index is 3740. The fraction of sp³-hybridized carbons (Fsp3) is 0.0141. The molecule has 0 saturated carbocycles. The van der Waals surface area contributed by atoms with Crippen molar-refractivity contribution in [1.29, 1.82) is 0 Å². The summed E-state index contributed by atoms with van der Waals surface area (Å²) in [4.78, 5) is 11.2. The van der Waals surface area contributed by atoms with Crippen molar-refractivity contribution in [1.82, 2.24) is 9.97 Å². The molecule has 0 aliphatic heterocycles. The molecule has 0 fully saturated rings. The van der Waals surface area contributed by atoms with Crippen LogP contribution in [-0.4, -0.2) is 9.97 Å². The van der Waals surface area contributed by atoms with Crippen LogP contribution in [0.5, 0.6) is 0 Å². The number of benzene rings is 11. The summed E-state index contributed by atoms with van der Waals surface area (Å²) in [7, 11) is 0. The van der Waals surface area contributed by atoms with Crippen molar-refractivity contribution in [3.63, 3.8) is 0 Å². The summed E-state index contributed by atoms with van der Waals surface area (Å²) in [6.07, 6.45) is 0. The quantitative estimate of drug-likeness (QED) is 0.159. The van der Waals surface area contributed by atoms with E-state index in [4.69, 9.17) is 9.97 Å². The van der Waals surface area contributed by atoms with Gasteiger partial charge in [0, 0.05) is 16.7 Å². The fourth-order valence-electron chi connectivity index (χ4n) is 11.8. The molecule has 1 spiro atoms. The van der Waals surface area contributed by atoms with Gasteiger partial charge >= 0.3 is 0 Å². The van der Waals surface area contributed by atoms with Gasteiger partial charge in [0.15, 0.2) is 5.82 Å². The van der Waals surface area contributed by atoms with Crippen LogP contribution < -0.4 is 0 Å². The summed E-state index contributed by atoms with van der Waals surface area (Å²) in [6, 6.07) is 102. The van der Waals surface area contributed by atoms with Crippen LogP contribution in [-0.2, 0) is 5.41 Å². The first-order valence-electron chi connectivity index (χ1n) is 25.1. The molecule has 0 saturated heterocycles. The first-order valence-corrected chi connectivity index (χ1v) is 25.1. The molecule has 1 aromatic heterocycles. The van der Waals surface area contributed by atoms with E-state index in [0.29, 0.717) is 5.82 Å². The van der Waals surface area contributed by atoms with Crippen LogP contribution in [0.15, 0.2) is 279 Å². The third-order valence-electron chi connectivity index (χ3n) is 15.1. The molecule has 0 N–H and O–H groups in total. The second-order valence-corrected chi connectivity index (χ2v) is 19.2. The van der Waals surface area contributed by atoms with E-state index in [0.717, 1.165) is 72.6 Å².